The Kier molecular flexibility index (Phi) is 8.00. The number of hydrogen-bond acceptors (Lipinski definition) is 5. The average molecular weight is 497 g/mol. The number of thioether (sulfide) groups is 1. The molecule has 2 aromatic rings. The molecule has 186 valence electrons. The Labute approximate surface area is 210 Å². The number of nitrogens with zero attached hydrogens (tertiary/aromatic N) is 1. The van der Waals surface area contributed by atoms with Gasteiger partial charge in [-0.05, 0) is 60.4 Å². The predicted octanol–water partition coefficient (Wildman–Crippen LogP) is 4.36. The third-order valence-corrected chi connectivity index (χ3v) is 7.70. The number of amides is 2. The number of nitrogens with one attached hydrogen (secondary N) is 1. The van der Waals surface area contributed by atoms with Crippen LogP contribution < -0.4 is 5.32 Å². The second-order valence-corrected chi connectivity index (χ2v) is 10.2. The summed E-state index contributed by atoms with van der Waals surface area (Å²) in [6.45, 7) is 2.43. The molecule has 2 aliphatic rings. The summed E-state index contributed by atoms with van der Waals surface area (Å²) in [6, 6.07) is 15.4. The minimum Gasteiger partial charge on any atom is -0.481 e. The van der Waals surface area contributed by atoms with E-state index < -0.39 is 24.0 Å². The van der Waals surface area contributed by atoms with Crippen LogP contribution in [-0.4, -0.2) is 65.2 Å². The van der Waals surface area contributed by atoms with Gasteiger partial charge < -0.3 is 20.1 Å². The van der Waals surface area contributed by atoms with Gasteiger partial charge in [-0.1, -0.05) is 48.5 Å². The molecule has 1 aliphatic carbocycles. The van der Waals surface area contributed by atoms with Crippen LogP contribution in [0.5, 0.6) is 0 Å². The molecule has 8 heteroatoms. The van der Waals surface area contributed by atoms with Gasteiger partial charge in [0.05, 0.1) is 5.92 Å². The van der Waals surface area contributed by atoms with Crippen molar-refractivity contribution >= 4 is 29.7 Å². The molecule has 4 rings (SSSR count). The van der Waals surface area contributed by atoms with E-state index in [2.05, 4.69) is 29.6 Å². The lowest BCUT2D eigenvalue weighted by Crippen LogP contribution is -2.54. The van der Waals surface area contributed by atoms with Crippen molar-refractivity contribution in [2.45, 2.75) is 44.2 Å². The number of aliphatic carboxylic acids is 1. The van der Waals surface area contributed by atoms with E-state index in [1.54, 1.807) is 16.7 Å². The molecule has 3 atom stereocenters. The van der Waals surface area contributed by atoms with Crippen LogP contribution in [0, 0.1) is 5.92 Å². The van der Waals surface area contributed by atoms with E-state index in [-0.39, 0.29) is 24.5 Å². The van der Waals surface area contributed by atoms with Crippen LogP contribution in [0.25, 0.3) is 11.1 Å². The molecule has 0 radical (unpaired) electrons. The SMILES string of the molecule is CSCC[C@@H](NC(=O)OCC1c2ccccc2-c2ccccc21)C(=O)N1CCC(C(=O)O)CC1C. The molecule has 2 amide bonds. The number of rotatable bonds is 8. The normalized spacial score (nSPS) is 20.0. The first-order valence-corrected chi connectivity index (χ1v) is 13.4. The number of carbonyl (C=O) groups excluding carboxylic acids is 2. The van der Waals surface area contributed by atoms with Gasteiger partial charge in [-0.25, -0.2) is 4.79 Å². The van der Waals surface area contributed by atoms with Crippen LogP contribution in [0.1, 0.15) is 43.2 Å². The Morgan fingerprint density at radius 3 is 2.31 bits per heavy atom. The van der Waals surface area contributed by atoms with Crippen LogP contribution in [0.15, 0.2) is 48.5 Å². The summed E-state index contributed by atoms with van der Waals surface area (Å²) in [5.41, 5.74) is 4.58. The number of hydrogen-bond donors (Lipinski definition) is 2. The molecule has 7 nitrogen and oxygen atoms in total. The van der Waals surface area contributed by atoms with Gasteiger partial charge in [0, 0.05) is 18.5 Å². The van der Waals surface area contributed by atoms with Gasteiger partial charge in [0.2, 0.25) is 5.91 Å². The highest BCUT2D eigenvalue weighted by atomic mass is 32.2. The lowest BCUT2D eigenvalue weighted by molar-refractivity contribution is -0.148. The molecule has 0 bridgehead atoms. The van der Waals surface area contributed by atoms with Crippen LogP contribution in [-0.2, 0) is 14.3 Å². The van der Waals surface area contributed by atoms with Crippen LogP contribution in [0.3, 0.4) is 0 Å². The third kappa shape index (κ3) is 5.48. The van der Waals surface area contributed by atoms with Crippen molar-refractivity contribution in [3.05, 3.63) is 59.7 Å². The van der Waals surface area contributed by atoms with Gasteiger partial charge in [0.25, 0.3) is 0 Å². The van der Waals surface area contributed by atoms with E-state index in [9.17, 15) is 19.5 Å². The summed E-state index contributed by atoms with van der Waals surface area (Å²) in [6.07, 6.45) is 2.66. The Bertz CT molecular complexity index is 1050. The number of piperidine rings is 1. The van der Waals surface area contributed by atoms with Crippen molar-refractivity contribution in [3.8, 4) is 11.1 Å². The summed E-state index contributed by atoms with van der Waals surface area (Å²) in [5.74, 6) is -0.777. The Morgan fingerprint density at radius 2 is 1.74 bits per heavy atom. The third-order valence-electron chi connectivity index (χ3n) is 7.05. The van der Waals surface area contributed by atoms with Gasteiger partial charge in [0.15, 0.2) is 0 Å². The molecule has 35 heavy (non-hydrogen) atoms. The molecule has 1 saturated heterocycles. The average Bonchev–Trinajstić information content (AvgIpc) is 3.18. The number of benzene rings is 2. The van der Waals surface area contributed by atoms with Crippen molar-refractivity contribution in [1.29, 1.82) is 0 Å². The molecule has 1 aliphatic heterocycles. The standard InChI is InChI=1S/C27H32N2O5S/c1-17-15-18(26(31)32)11-13-29(17)25(30)24(12-14-35-2)28-27(33)34-16-23-21-9-5-3-7-19(21)20-8-4-6-10-22(20)23/h3-10,17-18,23-24H,11-16H2,1-2H3,(H,28,33)(H,31,32)/t17?,18?,24-/m1/s1. The summed E-state index contributed by atoms with van der Waals surface area (Å²) in [4.78, 5) is 39.2. The van der Waals surface area contributed by atoms with Crippen LogP contribution in [0.4, 0.5) is 4.79 Å². The van der Waals surface area contributed by atoms with E-state index in [0.29, 0.717) is 31.6 Å². The van der Waals surface area contributed by atoms with Gasteiger partial charge in [-0.2, -0.15) is 11.8 Å². The zero-order valence-electron chi connectivity index (χ0n) is 20.1. The number of carboxylic acid groups (broad SMARTS) is 1. The number of likely N-dealkylation sites (tertiary alicyclic amines) is 1. The summed E-state index contributed by atoms with van der Waals surface area (Å²) >= 11 is 1.60. The molecule has 0 saturated carbocycles. The molecule has 1 fully saturated rings. The summed E-state index contributed by atoms with van der Waals surface area (Å²) in [5, 5.41) is 12.1. The highest BCUT2D eigenvalue weighted by Gasteiger charge is 2.36. The maximum absolute atomic E-state index is 13.3. The fraction of sp³-hybridized carbons (Fsp3) is 0.444. The molecule has 2 aromatic carbocycles. The van der Waals surface area contributed by atoms with E-state index >= 15 is 0 Å². The second-order valence-electron chi connectivity index (χ2n) is 9.24. The van der Waals surface area contributed by atoms with Crippen molar-refractivity contribution in [3.63, 3.8) is 0 Å². The molecule has 2 unspecified atom stereocenters. The second kappa shape index (κ2) is 11.2. The van der Waals surface area contributed by atoms with Gasteiger partial charge in [-0.15, -0.1) is 0 Å². The minimum absolute atomic E-state index is 0.0523. The molecule has 0 aromatic heterocycles. The Balaban J connectivity index is 1.40. The highest BCUT2D eigenvalue weighted by Crippen LogP contribution is 2.44. The van der Waals surface area contributed by atoms with Crippen molar-refractivity contribution in [2.24, 2.45) is 5.92 Å². The highest BCUT2D eigenvalue weighted by molar-refractivity contribution is 7.98. The number of ether oxygens (including phenoxy) is 1. The van der Waals surface area contributed by atoms with Gasteiger partial charge in [0.1, 0.15) is 12.6 Å². The van der Waals surface area contributed by atoms with E-state index in [1.165, 1.54) is 0 Å². The Hall–Kier alpha value is -3.00. The quantitative estimate of drug-likeness (QED) is 0.564. The first-order valence-electron chi connectivity index (χ1n) is 12.0. The monoisotopic (exact) mass is 496 g/mol. The fourth-order valence-electron chi connectivity index (χ4n) is 5.20. The van der Waals surface area contributed by atoms with Crippen LogP contribution in [0.2, 0.25) is 0 Å². The van der Waals surface area contributed by atoms with Crippen molar-refractivity contribution < 1.29 is 24.2 Å². The van der Waals surface area contributed by atoms with E-state index in [0.717, 1.165) is 22.3 Å². The zero-order chi connectivity index (χ0) is 24.9. The number of fused-ring (bicyclic) bond motifs is 3. The van der Waals surface area contributed by atoms with Crippen LogP contribution >= 0.6 is 11.8 Å². The molecule has 1 heterocycles. The van der Waals surface area contributed by atoms with Gasteiger partial charge >= 0.3 is 12.1 Å². The molecule has 0 spiro atoms. The molecular formula is C27H32N2O5S. The van der Waals surface area contributed by atoms with Crippen molar-refractivity contribution in [1.82, 2.24) is 10.2 Å². The fourth-order valence-corrected chi connectivity index (χ4v) is 5.67. The molecule has 2 N–H and O–H groups in total. The number of carboxylic acids is 1. The Morgan fingerprint density at radius 1 is 1.11 bits per heavy atom. The summed E-state index contributed by atoms with van der Waals surface area (Å²) < 4.78 is 5.66. The number of alkyl carbamates (subject to hydrolysis) is 1. The topological polar surface area (TPSA) is 95.9 Å². The lowest BCUT2D eigenvalue weighted by atomic mass is 9.91. The molecular weight excluding hydrogens is 464 g/mol. The predicted molar refractivity (Wildman–Crippen MR) is 137 cm³/mol. The maximum atomic E-state index is 13.3. The maximum Gasteiger partial charge on any atom is 0.407 e. The smallest absolute Gasteiger partial charge is 0.407 e. The zero-order valence-corrected chi connectivity index (χ0v) is 20.9. The summed E-state index contributed by atoms with van der Waals surface area (Å²) in [7, 11) is 0. The van der Waals surface area contributed by atoms with Gasteiger partial charge in [-0.3, -0.25) is 9.59 Å². The largest absolute Gasteiger partial charge is 0.481 e. The lowest BCUT2D eigenvalue weighted by Gasteiger charge is -2.38. The first kappa shape index (κ1) is 25.1. The van der Waals surface area contributed by atoms with Crippen molar-refractivity contribution in [2.75, 3.05) is 25.2 Å². The van der Waals surface area contributed by atoms with E-state index in [1.807, 2.05) is 37.4 Å². The number of carbonyl (C=O) groups is 3. The van der Waals surface area contributed by atoms with E-state index in [4.69, 9.17) is 4.74 Å². The first-order chi connectivity index (χ1) is 16.9. The minimum atomic E-state index is -0.820.